The van der Waals surface area contributed by atoms with Gasteiger partial charge in [-0.25, -0.2) is 0 Å². The van der Waals surface area contributed by atoms with Crippen LogP contribution in [0.4, 0.5) is 0 Å². The van der Waals surface area contributed by atoms with E-state index in [0.29, 0.717) is 11.5 Å². The minimum absolute atomic E-state index is 0.391. The van der Waals surface area contributed by atoms with Crippen LogP contribution < -0.4 is 5.73 Å². The van der Waals surface area contributed by atoms with E-state index in [1.807, 2.05) is 0 Å². The predicted molar refractivity (Wildman–Crippen MR) is 71.0 cm³/mol. The molecular weight excluding hydrogens is 212 g/mol. The van der Waals surface area contributed by atoms with Crippen LogP contribution >= 0.6 is 0 Å². The van der Waals surface area contributed by atoms with Crippen LogP contribution in [-0.2, 0) is 4.74 Å². The Kier molecular flexibility index (Phi) is 4.83. The van der Waals surface area contributed by atoms with Gasteiger partial charge in [-0.15, -0.1) is 0 Å². The lowest BCUT2D eigenvalue weighted by Gasteiger charge is -2.41. The summed E-state index contributed by atoms with van der Waals surface area (Å²) in [7, 11) is 0. The summed E-state index contributed by atoms with van der Waals surface area (Å²) in [5, 5.41) is 0. The minimum atomic E-state index is 0.391. The highest BCUT2D eigenvalue weighted by Gasteiger charge is 2.33. The molecule has 2 rings (SSSR count). The van der Waals surface area contributed by atoms with Crippen molar-refractivity contribution >= 4 is 0 Å². The van der Waals surface area contributed by atoms with Gasteiger partial charge in [0.2, 0.25) is 0 Å². The Bertz CT molecular complexity index is 224. The molecule has 0 aromatic rings. The monoisotopic (exact) mass is 240 g/mol. The molecule has 0 spiro atoms. The summed E-state index contributed by atoms with van der Waals surface area (Å²) < 4.78 is 5.52. The van der Waals surface area contributed by atoms with Gasteiger partial charge in [0.15, 0.2) is 0 Å². The molecule has 1 saturated carbocycles. The van der Waals surface area contributed by atoms with E-state index in [1.165, 1.54) is 45.1 Å². The lowest BCUT2D eigenvalue weighted by molar-refractivity contribution is -0.0219. The Morgan fingerprint density at radius 1 is 1.24 bits per heavy atom. The molecule has 0 aromatic heterocycles. The Balaban J connectivity index is 1.96. The Labute approximate surface area is 106 Å². The summed E-state index contributed by atoms with van der Waals surface area (Å²) in [6.07, 6.45) is 8.20. The molecule has 0 amide bonds. The molecular formula is C14H28N2O. The Morgan fingerprint density at radius 3 is 2.53 bits per heavy atom. The zero-order valence-electron chi connectivity index (χ0n) is 11.3. The number of nitrogens with zero attached hydrogens (tertiary/aromatic N) is 1. The van der Waals surface area contributed by atoms with E-state index in [-0.39, 0.29) is 0 Å². The van der Waals surface area contributed by atoms with Gasteiger partial charge in [0.1, 0.15) is 0 Å². The number of hydrogen-bond donors (Lipinski definition) is 1. The molecule has 0 aromatic carbocycles. The SMILES string of the molecule is CC1COCCN1CC1(CN)CCCCCC1. The maximum atomic E-state index is 6.11. The molecule has 0 bridgehead atoms. The van der Waals surface area contributed by atoms with E-state index in [1.54, 1.807) is 0 Å². The Hall–Kier alpha value is -0.120. The third kappa shape index (κ3) is 3.43. The first kappa shape index (κ1) is 13.3. The van der Waals surface area contributed by atoms with Gasteiger partial charge >= 0.3 is 0 Å². The smallest absolute Gasteiger partial charge is 0.0619 e. The molecule has 1 aliphatic carbocycles. The van der Waals surface area contributed by atoms with Crippen molar-refractivity contribution in [3.05, 3.63) is 0 Å². The first-order valence-electron chi connectivity index (χ1n) is 7.28. The summed E-state index contributed by atoms with van der Waals surface area (Å²) in [5.41, 5.74) is 6.50. The fourth-order valence-electron chi connectivity index (χ4n) is 3.33. The number of hydrogen-bond acceptors (Lipinski definition) is 3. The maximum absolute atomic E-state index is 6.11. The van der Waals surface area contributed by atoms with Crippen LogP contribution in [0.25, 0.3) is 0 Å². The van der Waals surface area contributed by atoms with Gasteiger partial charge < -0.3 is 10.5 Å². The van der Waals surface area contributed by atoms with Crippen LogP contribution in [0.5, 0.6) is 0 Å². The number of morpholine rings is 1. The molecule has 1 aliphatic heterocycles. The lowest BCUT2D eigenvalue weighted by Crippen LogP contribution is -2.50. The van der Waals surface area contributed by atoms with E-state index in [0.717, 1.165) is 26.3 Å². The zero-order chi connectivity index (χ0) is 12.1. The van der Waals surface area contributed by atoms with Crippen LogP contribution in [0.2, 0.25) is 0 Å². The molecule has 0 radical (unpaired) electrons. The third-order valence-corrected chi connectivity index (χ3v) is 4.64. The minimum Gasteiger partial charge on any atom is -0.379 e. The molecule has 100 valence electrons. The van der Waals surface area contributed by atoms with Crippen molar-refractivity contribution in [3.63, 3.8) is 0 Å². The second-order valence-corrected chi connectivity index (χ2v) is 6.01. The van der Waals surface area contributed by atoms with Crippen LogP contribution in [-0.4, -0.2) is 43.8 Å². The molecule has 1 saturated heterocycles. The largest absolute Gasteiger partial charge is 0.379 e. The number of nitrogens with two attached hydrogens (primary N) is 1. The van der Waals surface area contributed by atoms with E-state index >= 15 is 0 Å². The van der Waals surface area contributed by atoms with Gasteiger partial charge in [-0.05, 0) is 31.7 Å². The summed E-state index contributed by atoms with van der Waals surface area (Å²) in [5.74, 6) is 0. The third-order valence-electron chi connectivity index (χ3n) is 4.64. The van der Waals surface area contributed by atoms with Crippen molar-refractivity contribution < 1.29 is 4.74 Å². The van der Waals surface area contributed by atoms with Crippen molar-refractivity contribution in [1.29, 1.82) is 0 Å². The van der Waals surface area contributed by atoms with E-state index in [9.17, 15) is 0 Å². The van der Waals surface area contributed by atoms with E-state index in [2.05, 4.69) is 11.8 Å². The first-order chi connectivity index (χ1) is 8.26. The molecule has 1 atom stereocenters. The highest BCUT2D eigenvalue weighted by Crippen LogP contribution is 2.35. The number of rotatable bonds is 3. The molecule has 3 nitrogen and oxygen atoms in total. The van der Waals surface area contributed by atoms with Gasteiger partial charge in [0.25, 0.3) is 0 Å². The van der Waals surface area contributed by atoms with Gasteiger partial charge in [-0.2, -0.15) is 0 Å². The predicted octanol–water partition coefficient (Wildman–Crippen LogP) is 2.01. The molecule has 2 fully saturated rings. The van der Waals surface area contributed by atoms with Gasteiger partial charge in [-0.1, -0.05) is 25.7 Å². The molecule has 2 aliphatic rings. The highest BCUT2D eigenvalue weighted by atomic mass is 16.5. The van der Waals surface area contributed by atoms with Crippen LogP contribution in [0.3, 0.4) is 0 Å². The second kappa shape index (κ2) is 6.17. The molecule has 1 unspecified atom stereocenters. The van der Waals surface area contributed by atoms with Gasteiger partial charge in [-0.3, -0.25) is 4.90 Å². The zero-order valence-corrected chi connectivity index (χ0v) is 11.3. The fourth-order valence-corrected chi connectivity index (χ4v) is 3.33. The molecule has 2 N–H and O–H groups in total. The topological polar surface area (TPSA) is 38.5 Å². The van der Waals surface area contributed by atoms with Crippen LogP contribution in [0, 0.1) is 5.41 Å². The van der Waals surface area contributed by atoms with E-state index in [4.69, 9.17) is 10.5 Å². The number of ether oxygens (including phenoxy) is 1. The Morgan fingerprint density at radius 2 is 1.94 bits per heavy atom. The normalized spacial score (nSPS) is 31.1. The van der Waals surface area contributed by atoms with Crippen molar-refractivity contribution in [1.82, 2.24) is 4.90 Å². The van der Waals surface area contributed by atoms with Gasteiger partial charge in [0.05, 0.1) is 13.2 Å². The quantitative estimate of drug-likeness (QED) is 0.767. The van der Waals surface area contributed by atoms with Crippen molar-refractivity contribution in [2.45, 2.75) is 51.5 Å². The van der Waals surface area contributed by atoms with Crippen molar-refractivity contribution in [2.75, 3.05) is 32.8 Å². The van der Waals surface area contributed by atoms with Crippen molar-refractivity contribution in [3.8, 4) is 0 Å². The first-order valence-corrected chi connectivity index (χ1v) is 7.28. The molecule has 17 heavy (non-hydrogen) atoms. The second-order valence-electron chi connectivity index (χ2n) is 6.01. The van der Waals surface area contributed by atoms with Crippen LogP contribution in [0.1, 0.15) is 45.4 Å². The molecule has 3 heteroatoms. The molecule has 1 heterocycles. The van der Waals surface area contributed by atoms with Crippen LogP contribution in [0.15, 0.2) is 0 Å². The highest BCUT2D eigenvalue weighted by molar-refractivity contribution is 4.87. The van der Waals surface area contributed by atoms with Gasteiger partial charge in [0, 0.05) is 19.1 Å². The summed E-state index contributed by atoms with van der Waals surface area (Å²) in [4.78, 5) is 2.60. The average Bonchev–Trinajstić information content (AvgIpc) is 2.58. The lowest BCUT2D eigenvalue weighted by atomic mass is 9.79. The fraction of sp³-hybridized carbons (Fsp3) is 1.00. The summed E-state index contributed by atoms with van der Waals surface area (Å²) in [6, 6.07) is 0.565. The summed E-state index contributed by atoms with van der Waals surface area (Å²) >= 11 is 0. The maximum Gasteiger partial charge on any atom is 0.0619 e. The average molecular weight is 240 g/mol. The van der Waals surface area contributed by atoms with Crippen molar-refractivity contribution in [2.24, 2.45) is 11.1 Å². The van der Waals surface area contributed by atoms with E-state index < -0.39 is 0 Å². The summed E-state index contributed by atoms with van der Waals surface area (Å²) in [6.45, 7) is 7.19. The standard InChI is InChI=1S/C14H28N2O/c1-13-10-17-9-8-16(13)12-14(11-15)6-4-2-3-5-7-14/h13H,2-12,15H2,1H3.